The number of nitrogens with zero attached hydrogens (tertiary/aromatic N) is 1. The number of hydrogen-bond donors (Lipinski definition) is 3. The molecule has 3 N–H and O–H groups in total. The summed E-state index contributed by atoms with van der Waals surface area (Å²) in [5.41, 5.74) is 2.94. The van der Waals surface area contributed by atoms with Crippen LogP contribution < -0.4 is 15.4 Å². The van der Waals surface area contributed by atoms with Gasteiger partial charge in [0.25, 0.3) is 0 Å². The number of carbonyl (C=O) groups excluding carboxylic acids is 2. The molecule has 0 aromatic heterocycles. The van der Waals surface area contributed by atoms with Crippen molar-refractivity contribution in [3.8, 4) is 5.75 Å². The Balaban J connectivity index is 1.53. The zero-order valence-electron chi connectivity index (χ0n) is 26.2. The molecule has 2 amide bonds. The molecule has 2 aliphatic rings. The van der Waals surface area contributed by atoms with Gasteiger partial charge in [-0.3, -0.25) is 9.59 Å². The molecule has 2 aromatic rings. The van der Waals surface area contributed by atoms with Crippen molar-refractivity contribution >= 4 is 11.8 Å². The fourth-order valence-corrected chi connectivity index (χ4v) is 6.14. The second kappa shape index (κ2) is 15.7. The number of halogens is 1. The van der Waals surface area contributed by atoms with Crippen molar-refractivity contribution in [1.29, 1.82) is 0 Å². The molecule has 236 valence electrons. The van der Waals surface area contributed by atoms with Crippen molar-refractivity contribution in [3.05, 3.63) is 65.0 Å². The third-order valence-electron chi connectivity index (χ3n) is 8.89. The van der Waals surface area contributed by atoms with Crippen molar-refractivity contribution < 1.29 is 23.8 Å². The minimum Gasteiger partial charge on any atom is -0.493 e. The summed E-state index contributed by atoms with van der Waals surface area (Å²) in [7, 11) is 0. The highest BCUT2D eigenvalue weighted by Crippen LogP contribution is 2.45. The Kier molecular flexibility index (Phi) is 12.0. The number of nitrogens with one attached hydrogen (secondary N) is 2. The molecule has 3 atom stereocenters. The summed E-state index contributed by atoms with van der Waals surface area (Å²) in [5, 5.41) is 17.9. The number of aryl methyl sites for hydroxylation is 1. The summed E-state index contributed by atoms with van der Waals surface area (Å²) in [6, 6.07) is 12.5. The van der Waals surface area contributed by atoms with Gasteiger partial charge in [-0.2, -0.15) is 0 Å². The van der Waals surface area contributed by atoms with Gasteiger partial charge in [-0.1, -0.05) is 51.5 Å². The van der Waals surface area contributed by atoms with E-state index in [1.165, 1.54) is 23.3 Å². The summed E-state index contributed by atoms with van der Waals surface area (Å²) in [4.78, 5) is 28.1. The number of amides is 2. The molecule has 1 heterocycles. The van der Waals surface area contributed by atoms with Gasteiger partial charge < -0.3 is 25.4 Å². The van der Waals surface area contributed by atoms with Gasteiger partial charge in [0.1, 0.15) is 11.6 Å². The van der Waals surface area contributed by atoms with E-state index in [2.05, 4.69) is 48.7 Å². The highest BCUT2D eigenvalue weighted by Gasteiger charge is 2.44. The molecule has 7 nitrogen and oxygen atoms in total. The van der Waals surface area contributed by atoms with Crippen LogP contribution in [0.15, 0.2) is 42.5 Å². The number of rotatable bonds is 10. The van der Waals surface area contributed by atoms with Crippen LogP contribution in [0.2, 0.25) is 0 Å². The average Bonchev–Trinajstić information content (AvgIpc) is 3.79. The van der Waals surface area contributed by atoms with Crippen LogP contribution in [0.4, 0.5) is 4.39 Å². The van der Waals surface area contributed by atoms with Crippen molar-refractivity contribution in [2.45, 2.75) is 103 Å². The molecular weight excluding hydrogens is 545 g/mol. The standard InChI is InChI=1S/C35H50FN3O4/c1-4-8-26-13-17-39(16-5-2)34(42)12-11-33(41)38-31(21-27-19-29(36)22-30(20-27)43-24-26)32(40)23-37-35(14-15-35)28-10-7-9-25(6-3)18-28/h7,9-10,18-20,22,26,31-32,37,40H,4-6,8,11-17,21,23-24H2,1-3H3,(H,38,41)/t26?,31-,32+/m0/s1. The van der Waals surface area contributed by atoms with Gasteiger partial charge in [-0.05, 0) is 79.7 Å². The zero-order valence-corrected chi connectivity index (χ0v) is 26.2. The maximum absolute atomic E-state index is 14.7. The van der Waals surface area contributed by atoms with Crippen molar-refractivity contribution in [2.75, 3.05) is 26.2 Å². The molecular formula is C35H50FN3O4. The molecule has 1 aliphatic carbocycles. The van der Waals surface area contributed by atoms with Gasteiger partial charge in [0.15, 0.2) is 0 Å². The van der Waals surface area contributed by atoms with Crippen molar-refractivity contribution in [3.63, 3.8) is 0 Å². The summed E-state index contributed by atoms with van der Waals surface area (Å²) >= 11 is 0. The first kappa shape index (κ1) is 32.9. The topological polar surface area (TPSA) is 90.9 Å². The van der Waals surface area contributed by atoms with Gasteiger partial charge in [-0.25, -0.2) is 4.39 Å². The average molecular weight is 596 g/mol. The predicted molar refractivity (Wildman–Crippen MR) is 167 cm³/mol. The zero-order chi connectivity index (χ0) is 30.8. The molecule has 1 unspecified atom stereocenters. The lowest BCUT2D eigenvalue weighted by atomic mass is 9.98. The van der Waals surface area contributed by atoms with Gasteiger partial charge in [0, 0.05) is 44.1 Å². The summed E-state index contributed by atoms with van der Waals surface area (Å²) in [6.07, 6.45) is 5.93. The smallest absolute Gasteiger partial charge is 0.223 e. The van der Waals surface area contributed by atoms with Crippen LogP contribution in [0.1, 0.15) is 88.8 Å². The Hall–Kier alpha value is -2.97. The van der Waals surface area contributed by atoms with E-state index in [1.54, 1.807) is 0 Å². The van der Waals surface area contributed by atoms with Crippen molar-refractivity contribution in [1.82, 2.24) is 15.5 Å². The lowest BCUT2D eigenvalue weighted by Gasteiger charge is -2.28. The molecule has 1 saturated carbocycles. The number of ether oxygens (including phenoxy) is 1. The van der Waals surface area contributed by atoms with E-state index in [0.29, 0.717) is 31.0 Å². The minimum absolute atomic E-state index is 0.0312. The van der Waals surface area contributed by atoms with Gasteiger partial charge in [0.2, 0.25) is 11.8 Å². The quantitative estimate of drug-likeness (QED) is 0.348. The number of hydrogen-bond acceptors (Lipinski definition) is 5. The van der Waals surface area contributed by atoms with Gasteiger partial charge >= 0.3 is 0 Å². The molecule has 0 spiro atoms. The van der Waals surface area contributed by atoms with Crippen LogP contribution in [0.25, 0.3) is 0 Å². The first-order valence-electron chi connectivity index (χ1n) is 16.3. The Morgan fingerprint density at radius 1 is 1.12 bits per heavy atom. The molecule has 8 heteroatoms. The molecule has 2 aromatic carbocycles. The van der Waals surface area contributed by atoms with E-state index >= 15 is 0 Å². The number of benzene rings is 2. The molecule has 0 saturated heterocycles. The van der Waals surface area contributed by atoms with Crippen LogP contribution in [-0.2, 0) is 28.0 Å². The van der Waals surface area contributed by atoms with E-state index in [0.717, 1.165) is 44.9 Å². The van der Waals surface area contributed by atoms with Gasteiger partial charge in [-0.15, -0.1) is 0 Å². The first-order chi connectivity index (χ1) is 20.7. The molecule has 4 rings (SSSR count). The van der Waals surface area contributed by atoms with E-state index in [4.69, 9.17) is 4.74 Å². The second-order valence-electron chi connectivity index (χ2n) is 12.4. The number of aliphatic hydroxyl groups excluding tert-OH is 1. The summed E-state index contributed by atoms with van der Waals surface area (Å²) in [5.74, 6) is -0.0693. The van der Waals surface area contributed by atoms with E-state index < -0.39 is 18.0 Å². The Morgan fingerprint density at radius 2 is 1.93 bits per heavy atom. The molecule has 2 bridgehead atoms. The summed E-state index contributed by atoms with van der Waals surface area (Å²) < 4.78 is 20.8. The third kappa shape index (κ3) is 9.51. The molecule has 1 fully saturated rings. The third-order valence-corrected chi connectivity index (χ3v) is 8.89. The highest BCUT2D eigenvalue weighted by molar-refractivity contribution is 5.84. The summed E-state index contributed by atoms with van der Waals surface area (Å²) in [6.45, 7) is 8.26. The second-order valence-corrected chi connectivity index (χ2v) is 12.4. The molecule has 1 aliphatic heterocycles. The Labute approximate surface area is 256 Å². The molecule has 43 heavy (non-hydrogen) atoms. The lowest BCUT2D eigenvalue weighted by molar-refractivity contribution is -0.134. The van der Waals surface area contributed by atoms with Gasteiger partial charge in [0.05, 0.1) is 18.8 Å². The van der Waals surface area contributed by atoms with E-state index in [1.807, 2.05) is 17.9 Å². The normalized spacial score (nSPS) is 22.0. The van der Waals surface area contributed by atoms with Crippen molar-refractivity contribution in [2.24, 2.45) is 5.92 Å². The van der Waals surface area contributed by atoms with Crippen LogP contribution in [0.5, 0.6) is 5.75 Å². The lowest BCUT2D eigenvalue weighted by Crippen LogP contribution is -2.50. The fourth-order valence-electron chi connectivity index (χ4n) is 6.14. The largest absolute Gasteiger partial charge is 0.493 e. The highest BCUT2D eigenvalue weighted by atomic mass is 19.1. The van der Waals surface area contributed by atoms with Crippen LogP contribution in [0, 0.1) is 11.7 Å². The monoisotopic (exact) mass is 595 g/mol. The maximum Gasteiger partial charge on any atom is 0.223 e. The first-order valence-corrected chi connectivity index (χ1v) is 16.3. The van der Waals surface area contributed by atoms with Crippen LogP contribution in [0.3, 0.4) is 0 Å². The number of aliphatic hydroxyl groups is 1. The van der Waals surface area contributed by atoms with E-state index in [9.17, 15) is 19.1 Å². The molecule has 0 radical (unpaired) electrons. The Morgan fingerprint density at radius 3 is 2.65 bits per heavy atom. The number of fused-ring (bicyclic) bond motifs is 2. The minimum atomic E-state index is -0.927. The van der Waals surface area contributed by atoms with Crippen LogP contribution >= 0.6 is 0 Å². The number of carbonyl (C=O) groups is 2. The van der Waals surface area contributed by atoms with E-state index in [-0.39, 0.29) is 49.1 Å². The Bertz CT molecular complexity index is 1220. The SMILES string of the molecule is CCCC1CCN(CCC)C(=O)CCC(=O)N[C@H]([C@H](O)CNC2(c3cccc(CC)c3)CC2)Cc2cc(F)cc(c2)OC1. The fraction of sp³-hybridized carbons (Fsp3) is 0.600. The maximum atomic E-state index is 14.7. The van der Waals surface area contributed by atoms with Crippen LogP contribution in [-0.4, -0.2) is 60.2 Å². The predicted octanol–water partition coefficient (Wildman–Crippen LogP) is 5.27.